The molecule has 26 heavy (non-hydrogen) atoms. The molecule has 0 unspecified atom stereocenters. The monoisotopic (exact) mass is 371 g/mol. The van der Waals surface area contributed by atoms with E-state index in [-0.39, 0.29) is 16.6 Å². The summed E-state index contributed by atoms with van der Waals surface area (Å²) in [6.45, 7) is 5.49. The van der Waals surface area contributed by atoms with Gasteiger partial charge in [0.25, 0.3) is 5.91 Å². The van der Waals surface area contributed by atoms with Gasteiger partial charge in [0.2, 0.25) is 0 Å². The average molecular weight is 372 g/mol. The second-order valence-electron chi connectivity index (χ2n) is 6.18. The zero-order valence-corrected chi connectivity index (χ0v) is 15.5. The number of amides is 1. The number of aromatic nitrogens is 2. The van der Waals surface area contributed by atoms with E-state index in [2.05, 4.69) is 10.4 Å². The van der Waals surface area contributed by atoms with E-state index in [1.54, 1.807) is 23.9 Å². The highest BCUT2D eigenvalue weighted by atomic mass is 35.5. The highest BCUT2D eigenvalue weighted by Gasteiger charge is 2.21. The van der Waals surface area contributed by atoms with E-state index in [0.717, 1.165) is 16.9 Å². The molecule has 3 aromatic rings. The Bertz CT molecular complexity index is 953. The predicted molar refractivity (Wildman–Crippen MR) is 100 cm³/mol. The standard InChI is InChI=1S/C20H19ClFN3O/c1-12-9-10-17(22)18(19(12)21)20(26)24-13(2)16-11-23-25(14(16)3)15-7-5-4-6-8-15/h4-11,13H,1-3H3,(H,24,26)/t13-/m0/s1. The van der Waals surface area contributed by atoms with Gasteiger partial charge in [0.15, 0.2) is 0 Å². The lowest BCUT2D eigenvalue weighted by molar-refractivity contribution is 0.0936. The van der Waals surface area contributed by atoms with E-state index in [1.807, 2.05) is 44.2 Å². The lowest BCUT2D eigenvalue weighted by Gasteiger charge is -2.16. The van der Waals surface area contributed by atoms with Gasteiger partial charge in [-0.1, -0.05) is 35.9 Å². The van der Waals surface area contributed by atoms with Gasteiger partial charge in [0.05, 0.1) is 28.5 Å². The van der Waals surface area contributed by atoms with E-state index in [1.165, 1.54) is 6.07 Å². The van der Waals surface area contributed by atoms with Gasteiger partial charge in [-0.15, -0.1) is 0 Å². The van der Waals surface area contributed by atoms with Crippen LogP contribution in [0.3, 0.4) is 0 Å². The maximum absolute atomic E-state index is 14.1. The molecule has 1 N–H and O–H groups in total. The summed E-state index contributed by atoms with van der Waals surface area (Å²) >= 11 is 6.12. The van der Waals surface area contributed by atoms with Gasteiger partial charge >= 0.3 is 0 Å². The molecular weight excluding hydrogens is 353 g/mol. The molecule has 0 aliphatic heterocycles. The number of para-hydroxylation sites is 1. The Balaban J connectivity index is 1.86. The second kappa shape index (κ2) is 7.30. The Morgan fingerprint density at radius 3 is 2.58 bits per heavy atom. The molecule has 2 aromatic carbocycles. The van der Waals surface area contributed by atoms with Crippen molar-refractivity contribution in [2.24, 2.45) is 0 Å². The number of aryl methyl sites for hydroxylation is 1. The molecule has 0 spiro atoms. The fraction of sp³-hybridized carbons (Fsp3) is 0.200. The third-order valence-corrected chi connectivity index (χ3v) is 4.86. The maximum Gasteiger partial charge on any atom is 0.256 e. The molecule has 0 saturated heterocycles. The fourth-order valence-electron chi connectivity index (χ4n) is 2.89. The molecule has 0 aliphatic carbocycles. The molecule has 1 atom stereocenters. The Labute approximate surface area is 156 Å². The molecule has 1 heterocycles. The van der Waals surface area contributed by atoms with Crippen molar-refractivity contribution in [3.05, 3.63) is 81.9 Å². The molecular formula is C20H19ClFN3O. The summed E-state index contributed by atoms with van der Waals surface area (Å²) in [4.78, 5) is 12.5. The minimum absolute atomic E-state index is 0.131. The largest absolute Gasteiger partial charge is 0.345 e. The summed E-state index contributed by atoms with van der Waals surface area (Å²) in [6.07, 6.45) is 1.71. The number of halogens is 2. The topological polar surface area (TPSA) is 46.9 Å². The van der Waals surface area contributed by atoms with Crippen LogP contribution in [0.5, 0.6) is 0 Å². The van der Waals surface area contributed by atoms with Gasteiger partial charge in [-0.2, -0.15) is 5.10 Å². The summed E-state index contributed by atoms with van der Waals surface area (Å²) in [5.74, 6) is -1.18. The molecule has 0 aliphatic rings. The minimum Gasteiger partial charge on any atom is -0.345 e. The number of benzene rings is 2. The van der Waals surface area contributed by atoms with Crippen LogP contribution in [0.15, 0.2) is 48.7 Å². The van der Waals surface area contributed by atoms with Crippen molar-refractivity contribution in [1.29, 1.82) is 0 Å². The van der Waals surface area contributed by atoms with Crippen molar-refractivity contribution in [2.75, 3.05) is 0 Å². The van der Waals surface area contributed by atoms with Crippen LogP contribution in [-0.4, -0.2) is 15.7 Å². The van der Waals surface area contributed by atoms with Crippen LogP contribution < -0.4 is 5.32 Å². The molecule has 0 fully saturated rings. The lowest BCUT2D eigenvalue weighted by atomic mass is 10.1. The molecule has 0 saturated carbocycles. The van der Waals surface area contributed by atoms with E-state index >= 15 is 0 Å². The van der Waals surface area contributed by atoms with Crippen LogP contribution in [0.2, 0.25) is 5.02 Å². The highest BCUT2D eigenvalue weighted by Crippen LogP contribution is 2.25. The van der Waals surface area contributed by atoms with Gasteiger partial charge < -0.3 is 5.32 Å². The van der Waals surface area contributed by atoms with Gasteiger partial charge in [-0.25, -0.2) is 9.07 Å². The molecule has 0 radical (unpaired) electrons. The van der Waals surface area contributed by atoms with E-state index in [4.69, 9.17) is 11.6 Å². The molecule has 4 nitrogen and oxygen atoms in total. The third-order valence-electron chi connectivity index (χ3n) is 4.37. The van der Waals surface area contributed by atoms with Crippen LogP contribution in [0.25, 0.3) is 5.69 Å². The van der Waals surface area contributed by atoms with Crippen molar-refractivity contribution in [3.8, 4) is 5.69 Å². The summed E-state index contributed by atoms with van der Waals surface area (Å²) in [7, 11) is 0. The van der Waals surface area contributed by atoms with Crippen molar-refractivity contribution in [3.63, 3.8) is 0 Å². The van der Waals surface area contributed by atoms with Gasteiger partial charge in [-0.3, -0.25) is 4.79 Å². The van der Waals surface area contributed by atoms with Crippen molar-refractivity contribution < 1.29 is 9.18 Å². The van der Waals surface area contributed by atoms with Crippen LogP contribution in [0, 0.1) is 19.7 Å². The predicted octanol–water partition coefficient (Wildman–Crippen LogP) is 4.77. The van der Waals surface area contributed by atoms with Crippen LogP contribution in [-0.2, 0) is 0 Å². The number of nitrogens with one attached hydrogen (secondary N) is 1. The van der Waals surface area contributed by atoms with Crippen LogP contribution in [0.4, 0.5) is 4.39 Å². The molecule has 0 bridgehead atoms. The third kappa shape index (κ3) is 3.35. The normalized spacial score (nSPS) is 12.0. The first-order chi connectivity index (χ1) is 12.4. The molecule has 134 valence electrons. The first-order valence-electron chi connectivity index (χ1n) is 8.25. The van der Waals surface area contributed by atoms with Gasteiger partial charge in [0.1, 0.15) is 5.82 Å². The fourth-order valence-corrected chi connectivity index (χ4v) is 3.13. The SMILES string of the molecule is Cc1ccc(F)c(C(=O)N[C@@H](C)c2cnn(-c3ccccc3)c2C)c1Cl. The first-order valence-corrected chi connectivity index (χ1v) is 8.63. The number of hydrogen-bond donors (Lipinski definition) is 1. The smallest absolute Gasteiger partial charge is 0.256 e. The maximum atomic E-state index is 14.1. The zero-order valence-electron chi connectivity index (χ0n) is 14.8. The average Bonchev–Trinajstić information content (AvgIpc) is 3.01. The Hall–Kier alpha value is -2.66. The summed E-state index contributed by atoms with van der Waals surface area (Å²) < 4.78 is 15.9. The second-order valence-corrected chi connectivity index (χ2v) is 6.56. The quantitative estimate of drug-likeness (QED) is 0.717. The zero-order chi connectivity index (χ0) is 18.8. The Morgan fingerprint density at radius 1 is 1.19 bits per heavy atom. The number of hydrogen-bond acceptors (Lipinski definition) is 2. The lowest BCUT2D eigenvalue weighted by Crippen LogP contribution is -2.28. The molecule has 6 heteroatoms. The number of carbonyl (C=O) groups excluding carboxylic acids is 1. The molecule has 3 rings (SSSR count). The highest BCUT2D eigenvalue weighted by molar-refractivity contribution is 6.34. The number of nitrogens with zero attached hydrogens (tertiary/aromatic N) is 2. The van der Waals surface area contributed by atoms with Crippen LogP contribution in [0.1, 0.15) is 40.1 Å². The van der Waals surface area contributed by atoms with Gasteiger partial charge in [0, 0.05) is 11.3 Å². The molecule has 1 amide bonds. The van der Waals surface area contributed by atoms with Crippen molar-refractivity contribution >= 4 is 17.5 Å². The summed E-state index contributed by atoms with van der Waals surface area (Å²) in [6, 6.07) is 12.2. The van der Waals surface area contributed by atoms with Crippen LogP contribution >= 0.6 is 11.6 Å². The first kappa shape index (κ1) is 18.1. The summed E-state index contributed by atoms with van der Waals surface area (Å²) in [5.41, 5.74) is 3.21. The summed E-state index contributed by atoms with van der Waals surface area (Å²) in [5, 5.41) is 7.34. The van der Waals surface area contributed by atoms with Crippen molar-refractivity contribution in [2.45, 2.75) is 26.8 Å². The Kier molecular flexibility index (Phi) is 5.09. The van der Waals surface area contributed by atoms with Gasteiger partial charge in [-0.05, 0) is 44.5 Å². The van der Waals surface area contributed by atoms with E-state index in [9.17, 15) is 9.18 Å². The number of rotatable bonds is 4. The van der Waals surface area contributed by atoms with Crippen molar-refractivity contribution in [1.82, 2.24) is 15.1 Å². The minimum atomic E-state index is -0.637. The number of carbonyl (C=O) groups is 1. The van der Waals surface area contributed by atoms with E-state index < -0.39 is 11.7 Å². The molecule has 1 aromatic heterocycles. The van der Waals surface area contributed by atoms with E-state index in [0.29, 0.717) is 5.56 Å². The Morgan fingerprint density at radius 2 is 1.88 bits per heavy atom.